The minimum Gasteiger partial charge on any atom is -0.494 e. The van der Waals surface area contributed by atoms with Crippen molar-refractivity contribution in [1.29, 1.82) is 0 Å². The predicted molar refractivity (Wildman–Crippen MR) is 81.1 cm³/mol. The molecule has 0 aliphatic carbocycles. The Hall–Kier alpha value is -0.710. The van der Waals surface area contributed by atoms with Gasteiger partial charge in [-0.3, -0.25) is 0 Å². The standard InChI is InChI=1S/C15H23NO2S/c1-3-16-15(14-11-19-9-8-18-14)12-6-5-7-13(10-12)17-4-2/h5-7,10,14-16H,3-4,8-9,11H2,1-2H3. The van der Waals surface area contributed by atoms with Crippen LogP contribution in [0.3, 0.4) is 0 Å². The van der Waals surface area contributed by atoms with Gasteiger partial charge in [-0.25, -0.2) is 0 Å². The highest BCUT2D eigenvalue weighted by molar-refractivity contribution is 7.99. The summed E-state index contributed by atoms with van der Waals surface area (Å²) in [5.74, 6) is 3.09. The van der Waals surface area contributed by atoms with Gasteiger partial charge in [0.2, 0.25) is 0 Å². The second-order valence-electron chi connectivity index (χ2n) is 4.53. The Morgan fingerprint density at radius 3 is 3.05 bits per heavy atom. The van der Waals surface area contributed by atoms with Gasteiger partial charge < -0.3 is 14.8 Å². The second kappa shape index (κ2) is 7.78. The number of likely N-dealkylation sites (N-methyl/N-ethyl adjacent to an activating group) is 1. The zero-order valence-corrected chi connectivity index (χ0v) is 12.5. The zero-order valence-electron chi connectivity index (χ0n) is 11.7. The van der Waals surface area contributed by atoms with Crippen LogP contribution in [0.5, 0.6) is 5.75 Å². The summed E-state index contributed by atoms with van der Waals surface area (Å²) in [7, 11) is 0. The molecule has 1 aliphatic heterocycles. The topological polar surface area (TPSA) is 30.5 Å². The van der Waals surface area contributed by atoms with Crippen molar-refractivity contribution in [3.8, 4) is 5.75 Å². The Morgan fingerprint density at radius 2 is 2.37 bits per heavy atom. The number of ether oxygens (including phenoxy) is 2. The summed E-state index contributed by atoms with van der Waals surface area (Å²) in [6, 6.07) is 8.59. The van der Waals surface area contributed by atoms with Crippen molar-refractivity contribution < 1.29 is 9.47 Å². The number of hydrogen-bond donors (Lipinski definition) is 1. The van der Waals surface area contributed by atoms with Gasteiger partial charge in [0, 0.05) is 11.5 Å². The second-order valence-corrected chi connectivity index (χ2v) is 5.67. The van der Waals surface area contributed by atoms with Gasteiger partial charge in [-0.05, 0) is 31.2 Å². The summed E-state index contributed by atoms with van der Waals surface area (Å²) < 4.78 is 11.5. The predicted octanol–water partition coefficient (Wildman–Crippen LogP) is 2.87. The van der Waals surface area contributed by atoms with Gasteiger partial charge in [0.25, 0.3) is 0 Å². The molecule has 0 bridgehead atoms. The lowest BCUT2D eigenvalue weighted by Gasteiger charge is -2.31. The van der Waals surface area contributed by atoms with Crippen LogP contribution >= 0.6 is 11.8 Å². The normalized spacial score (nSPS) is 21.1. The Kier molecular flexibility index (Phi) is 6.01. The first-order valence-electron chi connectivity index (χ1n) is 7.00. The van der Waals surface area contributed by atoms with Crippen molar-refractivity contribution in [3.63, 3.8) is 0 Å². The third-order valence-electron chi connectivity index (χ3n) is 3.17. The van der Waals surface area contributed by atoms with Crippen LogP contribution in [-0.4, -0.2) is 37.4 Å². The third kappa shape index (κ3) is 4.13. The third-order valence-corrected chi connectivity index (χ3v) is 4.19. The van der Waals surface area contributed by atoms with Crippen LogP contribution in [0.15, 0.2) is 24.3 Å². The van der Waals surface area contributed by atoms with E-state index in [2.05, 4.69) is 30.4 Å². The Balaban J connectivity index is 2.14. The van der Waals surface area contributed by atoms with Gasteiger partial charge in [-0.15, -0.1) is 0 Å². The molecule has 1 aliphatic rings. The maximum absolute atomic E-state index is 5.92. The van der Waals surface area contributed by atoms with E-state index in [0.29, 0.717) is 6.61 Å². The van der Waals surface area contributed by atoms with E-state index in [1.54, 1.807) is 0 Å². The van der Waals surface area contributed by atoms with Crippen molar-refractivity contribution in [2.24, 2.45) is 0 Å². The molecule has 0 amide bonds. The molecule has 1 aromatic rings. The summed E-state index contributed by atoms with van der Waals surface area (Å²) in [5, 5.41) is 3.54. The highest BCUT2D eigenvalue weighted by Gasteiger charge is 2.25. The van der Waals surface area contributed by atoms with Crippen LogP contribution in [0.1, 0.15) is 25.5 Å². The first kappa shape index (κ1) is 14.7. The van der Waals surface area contributed by atoms with Gasteiger partial charge in [0.05, 0.1) is 25.4 Å². The lowest BCUT2D eigenvalue weighted by atomic mass is 10.0. The van der Waals surface area contributed by atoms with E-state index in [0.717, 1.165) is 30.4 Å². The highest BCUT2D eigenvalue weighted by Crippen LogP contribution is 2.27. The maximum atomic E-state index is 5.92. The molecule has 0 spiro atoms. The molecule has 3 nitrogen and oxygen atoms in total. The number of rotatable bonds is 6. The fourth-order valence-electron chi connectivity index (χ4n) is 2.35. The van der Waals surface area contributed by atoms with Gasteiger partial charge in [-0.2, -0.15) is 11.8 Å². The van der Waals surface area contributed by atoms with E-state index in [9.17, 15) is 0 Å². The molecule has 4 heteroatoms. The minimum absolute atomic E-state index is 0.246. The van der Waals surface area contributed by atoms with Crippen LogP contribution < -0.4 is 10.1 Å². The SMILES string of the molecule is CCNC(c1cccc(OCC)c1)C1CSCCO1. The molecule has 2 unspecified atom stereocenters. The van der Waals surface area contributed by atoms with Gasteiger partial charge in [0.15, 0.2) is 0 Å². The van der Waals surface area contributed by atoms with Gasteiger partial charge in [0.1, 0.15) is 5.75 Å². The van der Waals surface area contributed by atoms with Crippen LogP contribution in [0, 0.1) is 0 Å². The van der Waals surface area contributed by atoms with E-state index < -0.39 is 0 Å². The Morgan fingerprint density at radius 1 is 1.47 bits per heavy atom. The fourth-order valence-corrected chi connectivity index (χ4v) is 3.25. The van der Waals surface area contributed by atoms with E-state index in [4.69, 9.17) is 9.47 Å². The first-order chi connectivity index (χ1) is 9.35. The number of thioether (sulfide) groups is 1. The van der Waals surface area contributed by atoms with E-state index in [1.165, 1.54) is 5.56 Å². The average Bonchev–Trinajstić information content (AvgIpc) is 2.46. The molecule has 0 saturated carbocycles. The van der Waals surface area contributed by atoms with Crippen molar-refractivity contribution in [2.75, 3.05) is 31.3 Å². The molecule has 1 fully saturated rings. The monoisotopic (exact) mass is 281 g/mol. The lowest BCUT2D eigenvalue weighted by Crippen LogP contribution is -2.38. The van der Waals surface area contributed by atoms with Crippen LogP contribution in [0.2, 0.25) is 0 Å². The highest BCUT2D eigenvalue weighted by atomic mass is 32.2. The molecule has 2 rings (SSSR count). The van der Waals surface area contributed by atoms with Crippen LogP contribution in [0.4, 0.5) is 0 Å². The zero-order chi connectivity index (χ0) is 13.5. The Labute approximate surface area is 120 Å². The van der Waals surface area contributed by atoms with E-state index in [1.807, 2.05) is 24.8 Å². The van der Waals surface area contributed by atoms with Crippen LogP contribution in [-0.2, 0) is 4.74 Å². The minimum atomic E-state index is 0.246. The molecule has 0 radical (unpaired) electrons. The molecular formula is C15H23NO2S. The van der Waals surface area contributed by atoms with Crippen molar-refractivity contribution in [2.45, 2.75) is 26.0 Å². The molecule has 1 saturated heterocycles. The van der Waals surface area contributed by atoms with Crippen molar-refractivity contribution in [1.82, 2.24) is 5.32 Å². The number of nitrogens with one attached hydrogen (secondary N) is 1. The van der Waals surface area contributed by atoms with Gasteiger partial charge in [-0.1, -0.05) is 19.1 Å². The summed E-state index contributed by atoms with van der Waals surface area (Å²) in [4.78, 5) is 0. The molecular weight excluding hydrogens is 258 g/mol. The average molecular weight is 281 g/mol. The molecule has 2 atom stereocenters. The van der Waals surface area contributed by atoms with Crippen molar-refractivity contribution >= 4 is 11.8 Å². The molecule has 0 aromatic heterocycles. The summed E-state index contributed by atoms with van der Waals surface area (Å²) in [6.45, 7) is 6.63. The summed E-state index contributed by atoms with van der Waals surface area (Å²) in [5.41, 5.74) is 1.25. The number of hydrogen-bond acceptors (Lipinski definition) is 4. The van der Waals surface area contributed by atoms with E-state index >= 15 is 0 Å². The smallest absolute Gasteiger partial charge is 0.119 e. The molecule has 106 valence electrons. The largest absolute Gasteiger partial charge is 0.494 e. The molecule has 1 aromatic carbocycles. The fraction of sp³-hybridized carbons (Fsp3) is 0.600. The number of benzene rings is 1. The quantitative estimate of drug-likeness (QED) is 0.868. The Bertz CT molecular complexity index is 380. The van der Waals surface area contributed by atoms with Crippen LogP contribution in [0.25, 0.3) is 0 Å². The summed E-state index contributed by atoms with van der Waals surface area (Å²) in [6.07, 6.45) is 0.246. The van der Waals surface area contributed by atoms with E-state index in [-0.39, 0.29) is 12.1 Å². The molecule has 1 heterocycles. The van der Waals surface area contributed by atoms with Gasteiger partial charge >= 0.3 is 0 Å². The molecule has 1 N–H and O–H groups in total. The molecule has 19 heavy (non-hydrogen) atoms. The maximum Gasteiger partial charge on any atom is 0.119 e. The lowest BCUT2D eigenvalue weighted by molar-refractivity contribution is 0.0471. The van der Waals surface area contributed by atoms with Crippen molar-refractivity contribution in [3.05, 3.63) is 29.8 Å². The first-order valence-corrected chi connectivity index (χ1v) is 8.16. The summed E-state index contributed by atoms with van der Waals surface area (Å²) >= 11 is 1.97.